The van der Waals surface area contributed by atoms with Crippen LogP contribution >= 0.6 is 0 Å². The van der Waals surface area contributed by atoms with Crippen molar-refractivity contribution < 1.29 is 9.59 Å². The van der Waals surface area contributed by atoms with Gasteiger partial charge in [-0.1, -0.05) is 27.7 Å². The Labute approximate surface area is 122 Å². The van der Waals surface area contributed by atoms with Crippen LogP contribution in [0.2, 0.25) is 0 Å². The minimum absolute atomic E-state index is 0.161. The van der Waals surface area contributed by atoms with Gasteiger partial charge in [0.1, 0.15) is 6.04 Å². The van der Waals surface area contributed by atoms with Crippen molar-refractivity contribution in [2.75, 3.05) is 19.6 Å². The summed E-state index contributed by atoms with van der Waals surface area (Å²) in [6.45, 7) is 11.0. The van der Waals surface area contributed by atoms with Gasteiger partial charge in [0.25, 0.3) is 0 Å². The average molecular weight is 280 g/mol. The standard InChI is InChI=1S/C16H28N2O2/c1-11(2)13(12(3)4)10-17-9-7-15(19)18-8-5-6-14(18)16(17)20/h11-14H,5-10H2,1-4H3. The quantitative estimate of drug-likeness (QED) is 0.791. The van der Waals surface area contributed by atoms with Gasteiger partial charge in [-0.2, -0.15) is 0 Å². The van der Waals surface area contributed by atoms with Crippen LogP contribution in [0.1, 0.15) is 47.0 Å². The zero-order valence-electron chi connectivity index (χ0n) is 13.3. The maximum absolute atomic E-state index is 12.7. The molecular formula is C16H28N2O2. The van der Waals surface area contributed by atoms with Gasteiger partial charge in [-0.15, -0.1) is 0 Å². The minimum Gasteiger partial charge on any atom is -0.340 e. The summed E-state index contributed by atoms with van der Waals surface area (Å²) in [5.41, 5.74) is 0. The highest BCUT2D eigenvalue weighted by Gasteiger charge is 2.39. The van der Waals surface area contributed by atoms with E-state index in [1.165, 1.54) is 0 Å². The molecule has 0 spiro atoms. The maximum atomic E-state index is 12.7. The lowest BCUT2D eigenvalue weighted by atomic mass is 9.85. The summed E-state index contributed by atoms with van der Waals surface area (Å²) in [5, 5.41) is 0. The molecule has 2 amide bonds. The molecule has 0 aromatic rings. The van der Waals surface area contributed by atoms with Crippen molar-refractivity contribution in [3.63, 3.8) is 0 Å². The molecule has 4 heteroatoms. The van der Waals surface area contributed by atoms with Crippen LogP contribution in [0.4, 0.5) is 0 Å². The molecule has 2 rings (SSSR count). The number of carbonyl (C=O) groups excluding carboxylic acids is 2. The molecule has 0 saturated carbocycles. The summed E-state index contributed by atoms with van der Waals surface area (Å²) in [6, 6.07) is -0.176. The number of rotatable bonds is 4. The number of amides is 2. The summed E-state index contributed by atoms with van der Waals surface area (Å²) in [5.74, 6) is 1.96. The monoisotopic (exact) mass is 280 g/mol. The fourth-order valence-corrected chi connectivity index (χ4v) is 3.64. The third-order valence-corrected chi connectivity index (χ3v) is 4.91. The Balaban J connectivity index is 2.11. The van der Waals surface area contributed by atoms with E-state index in [9.17, 15) is 9.59 Å². The molecule has 4 nitrogen and oxygen atoms in total. The van der Waals surface area contributed by atoms with Crippen LogP contribution in [-0.2, 0) is 9.59 Å². The first-order valence-electron chi connectivity index (χ1n) is 8.00. The van der Waals surface area contributed by atoms with Crippen molar-refractivity contribution in [3.05, 3.63) is 0 Å². The molecule has 20 heavy (non-hydrogen) atoms. The second-order valence-electron chi connectivity index (χ2n) is 6.93. The molecule has 2 heterocycles. The van der Waals surface area contributed by atoms with Gasteiger partial charge < -0.3 is 9.80 Å². The fraction of sp³-hybridized carbons (Fsp3) is 0.875. The molecule has 0 bridgehead atoms. The van der Waals surface area contributed by atoms with E-state index >= 15 is 0 Å². The SMILES string of the molecule is CC(C)C(CN1CCC(=O)N2CCCC2C1=O)C(C)C. The zero-order chi connectivity index (χ0) is 14.9. The van der Waals surface area contributed by atoms with E-state index in [4.69, 9.17) is 0 Å². The topological polar surface area (TPSA) is 40.6 Å². The molecule has 2 aliphatic heterocycles. The van der Waals surface area contributed by atoms with Crippen molar-refractivity contribution in [1.82, 2.24) is 9.80 Å². The van der Waals surface area contributed by atoms with Crippen molar-refractivity contribution in [2.45, 2.75) is 53.0 Å². The van der Waals surface area contributed by atoms with Crippen LogP contribution in [0, 0.1) is 17.8 Å². The number of nitrogens with zero attached hydrogens (tertiary/aromatic N) is 2. The van der Waals surface area contributed by atoms with E-state index in [0.29, 0.717) is 30.7 Å². The van der Waals surface area contributed by atoms with Crippen LogP contribution in [0.25, 0.3) is 0 Å². The van der Waals surface area contributed by atoms with E-state index in [2.05, 4.69) is 27.7 Å². The average Bonchev–Trinajstić information content (AvgIpc) is 2.82. The zero-order valence-corrected chi connectivity index (χ0v) is 13.3. The first kappa shape index (κ1) is 15.3. The molecular weight excluding hydrogens is 252 g/mol. The molecule has 114 valence electrons. The number of hydrogen-bond donors (Lipinski definition) is 0. The molecule has 2 saturated heterocycles. The van der Waals surface area contributed by atoms with Crippen LogP contribution in [-0.4, -0.2) is 47.3 Å². The van der Waals surface area contributed by atoms with Gasteiger partial charge >= 0.3 is 0 Å². The van der Waals surface area contributed by atoms with Crippen LogP contribution in [0.3, 0.4) is 0 Å². The molecule has 1 unspecified atom stereocenters. The molecule has 0 aromatic carbocycles. The first-order valence-corrected chi connectivity index (χ1v) is 8.00. The molecule has 0 aromatic heterocycles. The van der Waals surface area contributed by atoms with E-state index < -0.39 is 0 Å². The first-order chi connectivity index (χ1) is 9.41. The normalized spacial score (nSPS) is 24.1. The van der Waals surface area contributed by atoms with Gasteiger partial charge in [0.05, 0.1) is 0 Å². The van der Waals surface area contributed by atoms with Crippen molar-refractivity contribution in [2.24, 2.45) is 17.8 Å². The Hall–Kier alpha value is -1.06. The molecule has 0 aliphatic carbocycles. The highest BCUT2D eigenvalue weighted by molar-refractivity contribution is 5.90. The van der Waals surface area contributed by atoms with Crippen LogP contribution in [0.15, 0.2) is 0 Å². The van der Waals surface area contributed by atoms with Crippen molar-refractivity contribution in [1.29, 1.82) is 0 Å². The predicted octanol–water partition coefficient (Wildman–Crippen LogP) is 2.14. The molecule has 1 atom stereocenters. The van der Waals surface area contributed by atoms with Gasteiger partial charge in [-0.25, -0.2) is 0 Å². The Kier molecular flexibility index (Phi) is 4.71. The third-order valence-electron chi connectivity index (χ3n) is 4.91. The van der Waals surface area contributed by atoms with E-state index in [-0.39, 0.29) is 17.9 Å². The largest absolute Gasteiger partial charge is 0.340 e. The smallest absolute Gasteiger partial charge is 0.245 e. The predicted molar refractivity (Wildman–Crippen MR) is 79.1 cm³/mol. The van der Waals surface area contributed by atoms with Crippen LogP contribution in [0.5, 0.6) is 0 Å². The Morgan fingerprint density at radius 1 is 1.10 bits per heavy atom. The summed E-state index contributed by atoms with van der Waals surface area (Å²) >= 11 is 0. The molecule has 0 radical (unpaired) electrons. The highest BCUT2D eigenvalue weighted by atomic mass is 16.2. The second kappa shape index (κ2) is 6.15. The van der Waals surface area contributed by atoms with Crippen molar-refractivity contribution in [3.8, 4) is 0 Å². The number of fused-ring (bicyclic) bond motifs is 1. The lowest BCUT2D eigenvalue weighted by Crippen LogP contribution is -2.46. The second-order valence-corrected chi connectivity index (χ2v) is 6.93. The summed E-state index contributed by atoms with van der Waals surface area (Å²) < 4.78 is 0. The van der Waals surface area contributed by atoms with Crippen molar-refractivity contribution >= 4 is 11.8 Å². The summed E-state index contributed by atoms with van der Waals surface area (Å²) in [6.07, 6.45) is 2.30. The minimum atomic E-state index is -0.176. The molecule has 2 fully saturated rings. The number of hydrogen-bond acceptors (Lipinski definition) is 2. The third kappa shape index (κ3) is 2.99. The van der Waals surface area contributed by atoms with Gasteiger partial charge in [-0.3, -0.25) is 9.59 Å². The van der Waals surface area contributed by atoms with E-state index in [0.717, 1.165) is 25.9 Å². The Morgan fingerprint density at radius 3 is 2.35 bits per heavy atom. The van der Waals surface area contributed by atoms with Gasteiger partial charge in [0.2, 0.25) is 11.8 Å². The molecule has 2 aliphatic rings. The van der Waals surface area contributed by atoms with Gasteiger partial charge in [0, 0.05) is 26.1 Å². The summed E-state index contributed by atoms with van der Waals surface area (Å²) in [7, 11) is 0. The van der Waals surface area contributed by atoms with E-state index in [1.54, 1.807) is 0 Å². The highest BCUT2D eigenvalue weighted by Crippen LogP contribution is 2.27. The number of carbonyl (C=O) groups is 2. The Morgan fingerprint density at radius 2 is 1.75 bits per heavy atom. The lowest BCUT2D eigenvalue weighted by Gasteiger charge is -2.32. The van der Waals surface area contributed by atoms with E-state index in [1.807, 2.05) is 9.80 Å². The molecule has 0 N–H and O–H groups in total. The van der Waals surface area contributed by atoms with Crippen LogP contribution < -0.4 is 0 Å². The summed E-state index contributed by atoms with van der Waals surface area (Å²) in [4.78, 5) is 28.5. The van der Waals surface area contributed by atoms with Gasteiger partial charge in [0.15, 0.2) is 0 Å². The lowest BCUT2D eigenvalue weighted by molar-refractivity contribution is -0.139. The fourth-order valence-electron chi connectivity index (χ4n) is 3.64. The Bertz CT molecular complexity index is 371. The van der Waals surface area contributed by atoms with Gasteiger partial charge in [-0.05, 0) is 30.6 Å². The maximum Gasteiger partial charge on any atom is 0.245 e.